The maximum atomic E-state index is 12.8. The van der Waals surface area contributed by atoms with Crippen LogP contribution in [0.15, 0.2) is 43.0 Å². The molecular weight excluding hydrogens is 322 g/mol. The minimum Gasteiger partial charge on any atom is -0.329 e. The first-order valence-corrected chi connectivity index (χ1v) is 9.09. The number of hydrogen-bond donors (Lipinski definition) is 1. The van der Waals surface area contributed by atoms with Crippen LogP contribution in [0.3, 0.4) is 0 Å². The monoisotopic (exact) mass is 345 g/mol. The van der Waals surface area contributed by atoms with Crippen LogP contribution in [0.25, 0.3) is 0 Å². The highest BCUT2D eigenvalue weighted by atomic mass is 32.2. The van der Waals surface area contributed by atoms with Crippen LogP contribution in [-0.2, 0) is 6.54 Å². The highest BCUT2D eigenvalue weighted by Crippen LogP contribution is 2.29. The number of thioether (sulfide) groups is 1. The number of aromatic nitrogens is 3. The summed E-state index contributed by atoms with van der Waals surface area (Å²) in [4.78, 5) is 18.7. The Morgan fingerprint density at radius 3 is 2.83 bits per heavy atom. The van der Waals surface area contributed by atoms with E-state index in [9.17, 15) is 4.79 Å². The predicted octanol–water partition coefficient (Wildman–Crippen LogP) is 2.56. The largest absolute Gasteiger partial charge is 0.329 e. The molecule has 0 spiro atoms. The van der Waals surface area contributed by atoms with Gasteiger partial charge in [-0.1, -0.05) is 30.3 Å². The minimum absolute atomic E-state index is 0.0163. The molecule has 0 aliphatic carbocycles. The van der Waals surface area contributed by atoms with Crippen molar-refractivity contribution in [2.45, 2.75) is 31.2 Å². The Labute approximate surface area is 146 Å². The van der Waals surface area contributed by atoms with E-state index in [1.807, 2.05) is 47.0 Å². The molecule has 1 aliphatic rings. The number of rotatable bonds is 4. The number of nitrogens with one attached hydrogen (secondary N) is 1. The highest BCUT2D eigenvalue weighted by molar-refractivity contribution is 8.00. The van der Waals surface area contributed by atoms with Crippen LogP contribution in [-0.4, -0.2) is 49.3 Å². The molecule has 2 heterocycles. The molecule has 0 saturated carbocycles. The number of nitrogens with zero attached hydrogens (tertiary/aromatic N) is 4. The summed E-state index contributed by atoms with van der Waals surface area (Å²) in [5.74, 6) is 0.972. The van der Waals surface area contributed by atoms with E-state index in [1.54, 1.807) is 11.0 Å². The average molecular weight is 345 g/mol. The molecule has 1 N–H and O–H groups in total. The smallest absolute Gasteiger partial charge is 0.318 e. The first kappa shape index (κ1) is 16.8. The molecule has 1 fully saturated rings. The standard InChI is InChI=1S/C17H23N5OS/c1-17(2)11-21(8-9-24-17)16(23)20-15(10-22-13-18-12-19-22)14-6-4-3-5-7-14/h3-7,12-13,15H,8-11H2,1-2H3,(H,20,23). The van der Waals surface area contributed by atoms with E-state index in [0.29, 0.717) is 6.54 Å². The van der Waals surface area contributed by atoms with Gasteiger partial charge in [0.2, 0.25) is 0 Å². The highest BCUT2D eigenvalue weighted by Gasteiger charge is 2.30. The molecule has 1 atom stereocenters. The number of carbonyl (C=O) groups is 1. The van der Waals surface area contributed by atoms with Crippen molar-refractivity contribution in [2.75, 3.05) is 18.8 Å². The van der Waals surface area contributed by atoms with Crippen molar-refractivity contribution in [3.63, 3.8) is 0 Å². The summed E-state index contributed by atoms with van der Waals surface area (Å²) in [6.45, 7) is 6.46. The van der Waals surface area contributed by atoms with Gasteiger partial charge in [-0.15, -0.1) is 0 Å². The fourth-order valence-electron chi connectivity index (χ4n) is 2.86. The zero-order valence-electron chi connectivity index (χ0n) is 14.1. The van der Waals surface area contributed by atoms with Crippen LogP contribution in [0.5, 0.6) is 0 Å². The van der Waals surface area contributed by atoms with Gasteiger partial charge in [0.1, 0.15) is 12.7 Å². The summed E-state index contributed by atoms with van der Waals surface area (Å²) in [7, 11) is 0. The quantitative estimate of drug-likeness (QED) is 0.925. The lowest BCUT2D eigenvalue weighted by Crippen LogP contribution is -2.51. The maximum absolute atomic E-state index is 12.8. The van der Waals surface area contributed by atoms with Crippen molar-refractivity contribution in [3.05, 3.63) is 48.5 Å². The van der Waals surface area contributed by atoms with Gasteiger partial charge in [-0.05, 0) is 19.4 Å². The molecular formula is C17H23N5OS. The van der Waals surface area contributed by atoms with Crippen molar-refractivity contribution in [1.82, 2.24) is 25.0 Å². The maximum Gasteiger partial charge on any atom is 0.318 e. The molecule has 6 nitrogen and oxygen atoms in total. The Kier molecular flexibility index (Phi) is 5.08. The van der Waals surface area contributed by atoms with Gasteiger partial charge in [0.25, 0.3) is 0 Å². The van der Waals surface area contributed by atoms with E-state index in [1.165, 1.54) is 6.33 Å². The van der Waals surface area contributed by atoms with Gasteiger partial charge in [0.15, 0.2) is 0 Å². The molecule has 0 bridgehead atoms. The van der Waals surface area contributed by atoms with Crippen LogP contribution in [0.1, 0.15) is 25.5 Å². The SMILES string of the molecule is CC1(C)CN(C(=O)NC(Cn2cncn2)c2ccccc2)CCS1. The summed E-state index contributed by atoms with van der Waals surface area (Å²) < 4.78 is 1.84. The van der Waals surface area contributed by atoms with Gasteiger partial charge in [-0.2, -0.15) is 16.9 Å². The Morgan fingerprint density at radius 2 is 2.17 bits per heavy atom. The Morgan fingerprint density at radius 1 is 1.38 bits per heavy atom. The molecule has 24 heavy (non-hydrogen) atoms. The van der Waals surface area contributed by atoms with Gasteiger partial charge in [-0.3, -0.25) is 4.68 Å². The number of carbonyl (C=O) groups excluding carboxylic acids is 1. The van der Waals surface area contributed by atoms with E-state index in [-0.39, 0.29) is 16.8 Å². The Hall–Kier alpha value is -2.02. The summed E-state index contributed by atoms with van der Waals surface area (Å²) in [6, 6.07) is 9.83. The van der Waals surface area contributed by atoms with Gasteiger partial charge < -0.3 is 10.2 Å². The zero-order valence-corrected chi connectivity index (χ0v) is 14.9. The molecule has 1 aromatic carbocycles. The van der Waals surface area contributed by atoms with Gasteiger partial charge in [-0.25, -0.2) is 9.78 Å². The molecule has 1 aliphatic heterocycles. The lowest BCUT2D eigenvalue weighted by Gasteiger charge is -2.38. The molecule has 1 saturated heterocycles. The molecule has 0 radical (unpaired) electrons. The minimum atomic E-state index is -0.141. The third-order valence-corrected chi connectivity index (χ3v) is 5.35. The van der Waals surface area contributed by atoms with Gasteiger partial charge in [0.05, 0.1) is 12.6 Å². The lowest BCUT2D eigenvalue weighted by molar-refractivity contribution is 0.189. The van der Waals surface area contributed by atoms with Gasteiger partial charge in [0, 0.05) is 23.6 Å². The van der Waals surface area contributed by atoms with Crippen molar-refractivity contribution in [3.8, 4) is 0 Å². The summed E-state index contributed by atoms with van der Waals surface area (Å²) in [5, 5.41) is 7.33. The molecule has 7 heteroatoms. The number of hydrogen-bond acceptors (Lipinski definition) is 4. The first-order chi connectivity index (χ1) is 11.5. The Balaban J connectivity index is 1.72. The van der Waals surface area contributed by atoms with Crippen LogP contribution >= 0.6 is 11.8 Å². The van der Waals surface area contributed by atoms with E-state index < -0.39 is 0 Å². The second kappa shape index (κ2) is 7.25. The fraction of sp³-hybridized carbons (Fsp3) is 0.471. The van der Waals surface area contributed by atoms with E-state index in [0.717, 1.165) is 24.4 Å². The topological polar surface area (TPSA) is 63.1 Å². The summed E-state index contributed by atoms with van der Waals surface area (Å²) in [5.41, 5.74) is 1.06. The van der Waals surface area contributed by atoms with E-state index >= 15 is 0 Å². The average Bonchev–Trinajstić information content (AvgIpc) is 3.07. The van der Waals surface area contributed by atoms with Crippen molar-refractivity contribution in [2.24, 2.45) is 0 Å². The first-order valence-electron chi connectivity index (χ1n) is 8.10. The molecule has 2 amide bonds. The van der Waals surface area contributed by atoms with E-state index in [2.05, 4.69) is 29.2 Å². The third-order valence-electron chi connectivity index (χ3n) is 4.05. The second-order valence-electron chi connectivity index (χ2n) is 6.56. The zero-order chi connectivity index (χ0) is 17.0. The lowest BCUT2D eigenvalue weighted by atomic mass is 10.1. The second-order valence-corrected chi connectivity index (χ2v) is 8.36. The van der Waals surface area contributed by atoms with Crippen LogP contribution in [0.2, 0.25) is 0 Å². The van der Waals surface area contributed by atoms with Gasteiger partial charge >= 0.3 is 6.03 Å². The molecule has 128 valence electrons. The van der Waals surface area contributed by atoms with Crippen molar-refractivity contribution >= 4 is 17.8 Å². The van der Waals surface area contributed by atoms with Crippen molar-refractivity contribution in [1.29, 1.82) is 0 Å². The number of urea groups is 1. The van der Waals surface area contributed by atoms with Crippen molar-refractivity contribution < 1.29 is 4.79 Å². The molecule has 2 aromatic rings. The van der Waals surface area contributed by atoms with E-state index in [4.69, 9.17) is 0 Å². The normalized spacial score (nSPS) is 18.2. The summed E-state index contributed by atoms with van der Waals surface area (Å²) in [6.07, 6.45) is 3.18. The summed E-state index contributed by atoms with van der Waals surface area (Å²) >= 11 is 1.92. The van der Waals surface area contributed by atoms with Crippen LogP contribution in [0, 0.1) is 0 Å². The van der Waals surface area contributed by atoms with Crippen LogP contribution < -0.4 is 5.32 Å². The molecule has 1 aromatic heterocycles. The number of amides is 2. The third kappa shape index (κ3) is 4.29. The van der Waals surface area contributed by atoms with Crippen LogP contribution in [0.4, 0.5) is 4.79 Å². The Bertz CT molecular complexity index is 659. The predicted molar refractivity (Wildman–Crippen MR) is 95.8 cm³/mol. The molecule has 1 unspecified atom stereocenters. The number of benzene rings is 1. The molecule has 3 rings (SSSR count). The fourth-order valence-corrected chi connectivity index (χ4v) is 3.98.